The zero-order chi connectivity index (χ0) is 13.1. The van der Waals surface area contributed by atoms with Gasteiger partial charge in [-0.15, -0.1) is 0 Å². The Morgan fingerprint density at radius 1 is 1.06 bits per heavy atom. The first kappa shape index (κ1) is 16.1. The number of carbonyl (C=O) groups is 2. The zero-order valence-corrected chi connectivity index (χ0v) is 11.0. The number of ketones is 1. The van der Waals surface area contributed by atoms with Gasteiger partial charge in [-0.3, -0.25) is 14.5 Å². The molecule has 0 aliphatic carbocycles. The fraction of sp³-hybridized carbons (Fsp3) is 0.833. The number of rotatable bonds is 10. The summed E-state index contributed by atoms with van der Waals surface area (Å²) < 4.78 is 9.82. The fourth-order valence-electron chi connectivity index (χ4n) is 1.52. The molecule has 0 amide bonds. The van der Waals surface area contributed by atoms with Crippen molar-refractivity contribution in [1.29, 1.82) is 0 Å². The van der Waals surface area contributed by atoms with E-state index in [1.54, 1.807) is 14.0 Å². The highest BCUT2D eigenvalue weighted by atomic mass is 16.5. The molecular weight excluding hydrogens is 222 g/mol. The van der Waals surface area contributed by atoms with Crippen LogP contribution in [0.3, 0.4) is 0 Å². The van der Waals surface area contributed by atoms with Gasteiger partial charge in [0.05, 0.1) is 13.2 Å². The number of nitrogens with zero attached hydrogens (tertiary/aromatic N) is 1. The summed E-state index contributed by atoms with van der Waals surface area (Å²) in [4.78, 5) is 23.7. The van der Waals surface area contributed by atoms with E-state index >= 15 is 0 Å². The van der Waals surface area contributed by atoms with Crippen molar-refractivity contribution in [2.24, 2.45) is 0 Å². The lowest BCUT2D eigenvalue weighted by Crippen LogP contribution is -2.32. The number of Topliss-reactive ketones (excluding diaryl/α,β-unsaturated/α-hetero) is 1. The van der Waals surface area contributed by atoms with Crippen molar-refractivity contribution in [2.45, 2.75) is 26.7 Å². The zero-order valence-electron chi connectivity index (χ0n) is 11.0. The minimum absolute atomic E-state index is 0.148. The van der Waals surface area contributed by atoms with Crippen molar-refractivity contribution in [1.82, 2.24) is 4.90 Å². The molecule has 0 aliphatic heterocycles. The Balaban J connectivity index is 3.76. The Bertz CT molecular complexity index is 231. The highest BCUT2D eigenvalue weighted by Crippen LogP contribution is 1.96. The normalized spacial score (nSPS) is 10.6. The smallest absolute Gasteiger partial charge is 0.302 e. The number of ether oxygens (including phenoxy) is 2. The molecule has 0 saturated heterocycles. The third kappa shape index (κ3) is 11.3. The van der Waals surface area contributed by atoms with Crippen molar-refractivity contribution >= 4 is 11.8 Å². The van der Waals surface area contributed by atoms with Crippen LogP contribution in [0.1, 0.15) is 26.7 Å². The molecule has 0 aliphatic rings. The summed E-state index contributed by atoms with van der Waals surface area (Å²) in [6, 6.07) is 0. The Labute approximate surface area is 103 Å². The maximum absolute atomic E-state index is 11.1. The minimum Gasteiger partial charge on any atom is -0.466 e. The van der Waals surface area contributed by atoms with Crippen LogP contribution in [-0.2, 0) is 19.1 Å². The predicted molar refractivity (Wildman–Crippen MR) is 64.9 cm³/mol. The Hall–Kier alpha value is -0.940. The SMILES string of the molecule is COCCCN(CCCOC(C)=O)CC(C)=O. The first-order chi connectivity index (χ1) is 8.06. The maximum Gasteiger partial charge on any atom is 0.302 e. The summed E-state index contributed by atoms with van der Waals surface area (Å²) in [5, 5.41) is 0. The molecule has 5 nitrogen and oxygen atoms in total. The van der Waals surface area contributed by atoms with E-state index in [1.165, 1.54) is 6.92 Å². The molecule has 0 atom stereocenters. The summed E-state index contributed by atoms with van der Waals surface area (Å²) >= 11 is 0. The number of hydrogen-bond acceptors (Lipinski definition) is 5. The first-order valence-electron chi connectivity index (χ1n) is 5.90. The van der Waals surface area contributed by atoms with Gasteiger partial charge >= 0.3 is 5.97 Å². The molecule has 0 saturated carbocycles. The van der Waals surface area contributed by atoms with Gasteiger partial charge in [0, 0.05) is 33.7 Å². The molecule has 0 aromatic rings. The summed E-state index contributed by atoms with van der Waals surface area (Å²) in [5.41, 5.74) is 0. The Morgan fingerprint density at radius 3 is 2.12 bits per heavy atom. The lowest BCUT2D eigenvalue weighted by molar-refractivity contribution is -0.141. The topological polar surface area (TPSA) is 55.8 Å². The molecule has 0 heterocycles. The molecule has 0 bridgehead atoms. The van der Waals surface area contributed by atoms with Crippen molar-refractivity contribution in [3.63, 3.8) is 0 Å². The molecule has 0 rings (SSSR count). The largest absolute Gasteiger partial charge is 0.466 e. The third-order valence-electron chi connectivity index (χ3n) is 2.19. The van der Waals surface area contributed by atoms with E-state index < -0.39 is 0 Å². The average Bonchev–Trinajstić information content (AvgIpc) is 2.23. The molecule has 0 radical (unpaired) electrons. The molecule has 0 aromatic carbocycles. The molecule has 0 aromatic heterocycles. The van der Waals surface area contributed by atoms with Gasteiger partial charge in [0.1, 0.15) is 5.78 Å². The molecule has 0 fully saturated rings. The van der Waals surface area contributed by atoms with Gasteiger partial charge in [0.2, 0.25) is 0 Å². The van der Waals surface area contributed by atoms with Gasteiger partial charge in [-0.2, -0.15) is 0 Å². The summed E-state index contributed by atoms with van der Waals surface area (Å²) in [6.07, 6.45) is 1.65. The average molecular weight is 245 g/mol. The van der Waals surface area contributed by atoms with Crippen LogP contribution < -0.4 is 0 Å². The quantitative estimate of drug-likeness (QED) is 0.422. The van der Waals surface area contributed by atoms with Gasteiger partial charge in [-0.1, -0.05) is 0 Å². The van der Waals surface area contributed by atoms with Crippen molar-refractivity contribution in [2.75, 3.05) is 40.0 Å². The number of carbonyl (C=O) groups excluding carboxylic acids is 2. The van der Waals surface area contributed by atoms with E-state index in [1.807, 2.05) is 0 Å². The third-order valence-corrected chi connectivity index (χ3v) is 2.19. The molecular formula is C12H23NO4. The highest BCUT2D eigenvalue weighted by molar-refractivity contribution is 5.77. The van der Waals surface area contributed by atoms with Crippen molar-refractivity contribution < 1.29 is 19.1 Å². The second-order valence-electron chi connectivity index (χ2n) is 4.02. The fourth-order valence-corrected chi connectivity index (χ4v) is 1.52. The van der Waals surface area contributed by atoms with Crippen LogP contribution in [0.2, 0.25) is 0 Å². The summed E-state index contributed by atoms with van der Waals surface area (Å²) in [5.74, 6) is -0.114. The maximum atomic E-state index is 11.1. The van der Waals surface area contributed by atoms with Crippen LogP contribution in [-0.4, -0.2) is 56.6 Å². The van der Waals surface area contributed by atoms with E-state index in [0.29, 0.717) is 19.8 Å². The molecule has 5 heteroatoms. The molecule has 0 unspecified atom stereocenters. The predicted octanol–water partition coefficient (Wildman–Crippen LogP) is 0.867. The van der Waals surface area contributed by atoms with Crippen LogP contribution >= 0.6 is 0 Å². The van der Waals surface area contributed by atoms with Crippen molar-refractivity contribution in [3.05, 3.63) is 0 Å². The van der Waals surface area contributed by atoms with Crippen LogP contribution in [0.5, 0.6) is 0 Å². The lowest BCUT2D eigenvalue weighted by Gasteiger charge is -2.20. The molecule has 0 spiro atoms. The molecule has 100 valence electrons. The van der Waals surface area contributed by atoms with Gasteiger partial charge in [0.25, 0.3) is 0 Å². The Kier molecular flexibility index (Phi) is 9.66. The number of methoxy groups -OCH3 is 1. The van der Waals surface area contributed by atoms with Gasteiger partial charge in [-0.25, -0.2) is 0 Å². The second-order valence-corrected chi connectivity index (χ2v) is 4.02. The van der Waals surface area contributed by atoms with Crippen LogP contribution in [0, 0.1) is 0 Å². The van der Waals surface area contributed by atoms with Crippen LogP contribution in [0.15, 0.2) is 0 Å². The van der Waals surface area contributed by atoms with E-state index in [2.05, 4.69) is 4.90 Å². The van der Waals surface area contributed by atoms with E-state index in [4.69, 9.17) is 9.47 Å². The summed E-state index contributed by atoms with van der Waals surface area (Å²) in [7, 11) is 1.66. The van der Waals surface area contributed by atoms with E-state index in [-0.39, 0.29) is 11.8 Å². The van der Waals surface area contributed by atoms with Gasteiger partial charge < -0.3 is 9.47 Å². The second kappa shape index (κ2) is 10.2. The standard InChI is InChI=1S/C12H23NO4/c1-11(14)10-13(6-4-8-16-3)7-5-9-17-12(2)15/h4-10H2,1-3H3. The monoisotopic (exact) mass is 245 g/mol. The van der Waals surface area contributed by atoms with Crippen LogP contribution in [0.25, 0.3) is 0 Å². The van der Waals surface area contributed by atoms with Gasteiger partial charge in [-0.05, 0) is 19.8 Å². The first-order valence-corrected chi connectivity index (χ1v) is 5.90. The summed E-state index contributed by atoms with van der Waals surface area (Å²) in [6.45, 7) is 6.11. The molecule has 17 heavy (non-hydrogen) atoms. The highest BCUT2D eigenvalue weighted by Gasteiger charge is 2.07. The van der Waals surface area contributed by atoms with E-state index in [9.17, 15) is 9.59 Å². The van der Waals surface area contributed by atoms with Crippen LogP contribution in [0.4, 0.5) is 0 Å². The number of esters is 1. The van der Waals surface area contributed by atoms with E-state index in [0.717, 1.165) is 25.9 Å². The Morgan fingerprint density at radius 2 is 1.65 bits per heavy atom. The van der Waals surface area contributed by atoms with Crippen molar-refractivity contribution in [3.8, 4) is 0 Å². The van der Waals surface area contributed by atoms with Gasteiger partial charge in [0.15, 0.2) is 0 Å². The number of hydrogen-bond donors (Lipinski definition) is 0. The molecule has 0 N–H and O–H groups in total. The lowest BCUT2D eigenvalue weighted by atomic mass is 10.3. The minimum atomic E-state index is -0.262.